The van der Waals surface area contributed by atoms with Gasteiger partial charge in [-0.2, -0.15) is 0 Å². The highest BCUT2D eigenvalue weighted by Crippen LogP contribution is 2.19. The summed E-state index contributed by atoms with van der Waals surface area (Å²) in [6.45, 7) is 3.84. The van der Waals surface area contributed by atoms with Gasteiger partial charge in [0.2, 0.25) is 0 Å². The van der Waals surface area contributed by atoms with E-state index in [2.05, 4.69) is 15.2 Å². The van der Waals surface area contributed by atoms with Gasteiger partial charge in [-0.25, -0.2) is 4.98 Å². The molecule has 1 aliphatic heterocycles. The molecule has 3 rings (SSSR count). The molecule has 0 radical (unpaired) electrons. The van der Waals surface area contributed by atoms with Gasteiger partial charge in [0.05, 0.1) is 11.9 Å². The maximum atomic E-state index is 12.2. The average Bonchev–Trinajstić information content (AvgIpc) is 3.11. The molecule has 1 fully saturated rings. The molecule has 1 amide bonds. The maximum Gasteiger partial charge on any atom is 0.265 e. The van der Waals surface area contributed by atoms with Crippen LogP contribution < -0.4 is 15.0 Å². The summed E-state index contributed by atoms with van der Waals surface area (Å²) in [4.78, 5) is 18.9. The van der Waals surface area contributed by atoms with Crippen LogP contribution in [0.2, 0.25) is 0 Å². The molecule has 2 heterocycles. The first-order valence-electron chi connectivity index (χ1n) is 7.96. The van der Waals surface area contributed by atoms with E-state index in [4.69, 9.17) is 4.74 Å². The predicted octanol–water partition coefficient (Wildman–Crippen LogP) is 3.09. The van der Waals surface area contributed by atoms with Gasteiger partial charge in [0, 0.05) is 13.1 Å². The zero-order chi connectivity index (χ0) is 16.1. The summed E-state index contributed by atoms with van der Waals surface area (Å²) in [5.74, 6) is 1.45. The molecule has 1 saturated heterocycles. The molecule has 1 unspecified atom stereocenters. The second kappa shape index (κ2) is 7.13. The first kappa shape index (κ1) is 15.3. The largest absolute Gasteiger partial charge is 0.481 e. The number of rotatable bonds is 5. The number of carbonyl (C=O) groups excluding carboxylic acids is 1. The summed E-state index contributed by atoms with van der Waals surface area (Å²) in [5, 5.41) is 2.83. The Labute approximate surface area is 136 Å². The van der Waals surface area contributed by atoms with Gasteiger partial charge in [-0.1, -0.05) is 18.2 Å². The summed E-state index contributed by atoms with van der Waals surface area (Å²) in [7, 11) is 0. The van der Waals surface area contributed by atoms with E-state index in [9.17, 15) is 4.79 Å². The lowest BCUT2D eigenvalue weighted by atomic mass is 10.3. The van der Waals surface area contributed by atoms with E-state index in [1.807, 2.05) is 42.5 Å². The molecular formula is C18H21N3O2. The van der Waals surface area contributed by atoms with E-state index in [1.54, 1.807) is 13.1 Å². The minimum Gasteiger partial charge on any atom is -0.481 e. The Hall–Kier alpha value is -2.56. The topological polar surface area (TPSA) is 54.5 Å². The fourth-order valence-electron chi connectivity index (χ4n) is 2.59. The van der Waals surface area contributed by atoms with Crippen molar-refractivity contribution in [2.75, 3.05) is 23.3 Å². The Bertz CT molecular complexity index is 637. The number of ether oxygens (including phenoxy) is 1. The molecular weight excluding hydrogens is 290 g/mol. The van der Waals surface area contributed by atoms with Crippen molar-refractivity contribution in [1.82, 2.24) is 4.98 Å². The van der Waals surface area contributed by atoms with E-state index < -0.39 is 6.10 Å². The lowest BCUT2D eigenvalue weighted by molar-refractivity contribution is -0.122. The molecule has 1 aromatic heterocycles. The molecule has 0 spiro atoms. The Kier molecular flexibility index (Phi) is 4.76. The van der Waals surface area contributed by atoms with Crippen molar-refractivity contribution in [1.29, 1.82) is 0 Å². The Morgan fingerprint density at radius 1 is 1.17 bits per heavy atom. The number of pyridine rings is 1. The number of hydrogen-bond donors (Lipinski definition) is 1. The molecule has 5 nitrogen and oxygen atoms in total. The molecule has 0 aliphatic carbocycles. The second-order valence-corrected chi connectivity index (χ2v) is 5.66. The van der Waals surface area contributed by atoms with Gasteiger partial charge in [0.25, 0.3) is 5.91 Å². The van der Waals surface area contributed by atoms with Crippen molar-refractivity contribution >= 4 is 17.4 Å². The van der Waals surface area contributed by atoms with Crippen molar-refractivity contribution in [3.8, 4) is 5.75 Å². The third-order valence-corrected chi connectivity index (χ3v) is 3.87. The molecule has 0 saturated carbocycles. The van der Waals surface area contributed by atoms with Crippen LogP contribution in [0.15, 0.2) is 48.7 Å². The van der Waals surface area contributed by atoms with Crippen molar-refractivity contribution in [2.45, 2.75) is 25.9 Å². The van der Waals surface area contributed by atoms with Crippen LogP contribution in [0.5, 0.6) is 5.75 Å². The summed E-state index contributed by atoms with van der Waals surface area (Å²) in [6.07, 6.45) is 3.56. The number of nitrogens with one attached hydrogen (secondary N) is 1. The highest BCUT2D eigenvalue weighted by atomic mass is 16.5. The molecule has 1 aromatic carbocycles. The summed E-state index contributed by atoms with van der Waals surface area (Å²) >= 11 is 0. The number of amides is 1. The minimum absolute atomic E-state index is 0.190. The van der Waals surface area contributed by atoms with Gasteiger partial charge in [0.1, 0.15) is 11.6 Å². The summed E-state index contributed by atoms with van der Waals surface area (Å²) in [5.41, 5.74) is 0.682. The summed E-state index contributed by atoms with van der Waals surface area (Å²) < 4.78 is 5.61. The third kappa shape index (κ3) is 4.00. The zero-order valence-electron chi connectivity index (χ0n) is 13.2. The van der Waals surface area contributed by atoms with Crippen LogP contribution in [0.25, 0.3) is 0 Å². The van der Waals surface area contributed by atoms with Crippen molar-refractivity contribution < 1.29 is 9.53 Å². The van der Waals surface area contributed by atoms with Crippen LogP contribution in [0.4, 0.5) is 11.5 Å². The molecule has 0 bridgehead atoms. The van der Waals surface area contributed by atoms with E-state index in [-0.39, 0.29) is 5.91 Å². The normalized spacial score (nSPS) is 15.3. The van der Waals surface area contributed by atoms with Crippen LogP contribution in [0.3, 0.4) is 0 Å². The van der Waals surface area contributed by atoms with Gasteiger partial charge in [-0.05, 0) is 44.0 Å². The van der Waals surface area contributed by atoms with E-state index in [0.717, 1.165) is 18.9 Å². The van der Waals surface area contributed by atoms with E-state index in [1.165, 1.54) is 12.8 Å². The van der Waals surface area contributed by atoms with Crippen molar-refractivity contribution in [2.24, 2.45) is 0 Å². The SMILES string of the molecule is CC(Oc1ccccc1)C(=O)Nc1ccc(N2CCCC2)nc1. The minimum atomic E-state index is -0.573. The fraction of sp³-hybridized carbons (Fsp3) is 0.333. The highest BCUT2D eigenvalue weighted by Gasteiger charge is 2.16. The Balaban J connectivity index is 1.56. The molecule has 23 heavy (non-hydrogen) atoms. The smallest absolute Gasteiger partial charge is 0.265 e. The molecule has 1 N–H and O–H groups in total. The van der Waals surface area contributed by atoms with Gasteiger partial charge >= 0.3 is 0 Å². The Morgan fingerprint density at radius 2 is 1.91 bits per heavy atom. The predicted molar refractivity (Wildman–Crippen MR) is 90.8 cm³/mol. The van der Waals surface area contributed by atoms with Crippen molar-refractivity contribution in [3.63, 3.8) is 0 Å². The number of benzene rings is 1. The van der Waals surface area contributed by atoms with Crippen LogP contribution in [0, 0.1) is 0 Å². The Morgan fingerprint density at radius 3 is 2.57 bits per heavy atom. The van der Waals surface area contributed by atoms with Gasteiger partial charge in [0.15, 0.2) is 6.10 Å². The number of hydrogen-bond acceptors (Lipinski definition) is 4. The number of para-hydroxylation sites is 1. The number of anilines is 2. The summed E-state index contributed by atoms with van der Waals surface area (Å²) in [6, 6.07) is 13.1. The van der Waals surface area contributed by atoms with Crippen molar-refractivity contribution in [3.05, 3.63) is 48.7 Å². The third-order valence-electron chi connectivity index (χ3n) is 3.87. The molecule has 1 aliphatic rings. The molecule has 1 atom stereocenters. The molecule has 2 aromatic rings. The average molecular weight is 311 g/mol. The second-order valence-electron chi connectivity index (χ2n) is 5.66. The first-order valence-corrected chi connectivity index (χ1v) is 7.96. The fourth-order valence-corrected chi connectivity index (χ4v) is 2.59. The first-order chi connectivity index (χ1) is 11.2. The lowest BCUT2D eigenvalue weighted by Gasteiger charge is -2.17. The number of nitrogens with zero attached hydrogens (tertiary/aromatic N) is 2. The van der Waals surface area contributed by atoms with Gasteiger partial charge in [-0.15, -0.1) is 0 Å². The molecule has 5 heteroatoms. The van der Waals surface area contributed by atoms with E-state index >= 15 is 0 Å². The van der Waals surface area contributed by atoms with Crippen LogP contribution in [-0.2, 0) is 4.79 Å². The number of carbonyl (C=O) groups is 1. The van der Waals surface area contributed by atoms with E-state index in [0.29, 0.717) is 11.4 Å². The van der Waals surface area contributed by atoms with Gasteiger partial charge in [-0.3, -0.25) is 4.79 Å². The van der Waals surface area contributed by atoms with Crippen LogP contribution >= 0.6 is 0 Å². The van der Waals surface area contributed by atoms with Gasteiger partial charge < -0.3 is 15.0 Å². The quantitative estimate of drug-likeness (QED) is 0.922. The van der Waals surface area contributed by atoms with Crippen LogP contribution in [-0.4, -0.2) is 30.1 Å². The van der Waals surface area contributed by atoms with Crippen LogP contribution in [0.1, 0.15) is 19.8 Å². The monoisotopic (exact) mass is 311 g/mol. The lowest BCUT2D eigenvalue weighted by Crippen LogP contribution is -2.30. The highest BCUT2D eigenvalue weighted by molar-refractivity contribution is 5.94. The molecule has 120 valence electrons. The zero-order valence-corrected chi connectivity index (χ0v) is 13.2. The standard InChI is InChI=1S/C18H21N3O2/c1-14(23-16-7-3-2-4-8-16)18(22)20-15-9-10-17(19-13-15)21-11-5-6-12-21/h2-4,7-10,13-14H,5-6,11-12H2,1H3,(H,20,22). The maximum absolute atomic E-state index is 12.2. The number of aromatic nitrogens is 1.